The normalized spacial score (nSPS) is 9.35. The Morgan fingerprint density at radius 3 is 2.12 bits per heavy atom. The molecule has 2 rings (SSSR count). The summed E-state index contributed by atoms with van der Waals surface area (Å²) in [6.45, 7) is 7.98. The predicted molar refractivity (Wildman–Crippen MR) is 103 cm³/mol. The van der Waals surface area contributed by atoms with Crippen LogP contribution in [0.25, 0.3) is 0 Å². The molecule has 0 aliphatic carbocycles. The van der Waals surface area contributed by atoms with E-state index in [9.17, 15) is 9.59 Å². The Labute approximate surface area is 200 Å². The second kappa shape index (κ2) is 11.7. The van der Waals surface area contributed by atoms with E-state index in [4.69, 9.17) is 0 Å². The molecule has 0 saturated carbocycles. The van der Waals surface area contributed by atoms with Crippen molar-refractivity contribution in [1.82, 2.24) is 4.90 Å². The summed E-state index contributed by atoms with van der Waals surface area (Å²) in [6, 6.07) is 13.8. The van der Waals surface area contributed by atoms with Crippen molar-refractivity contribution < 1.29 is 61.0 Å². The van der Waals surface area contributed by atoms with Gasteiger partial charge in [-0.1, -0.05) is 37.1 Å². The number of carbonyl (C=O) groups excluding carboxylic acids is 2. The topological polar surface area (TPSA) is 40.6 Å². The number of benzene rings is 2. The quantitative estimate of drug-likeness (QED) is 0.593. The summed E-state index contributed by atoms with van der Waals surface area (Å²) in [4.78, 5) is 28.1. The number of hydrogen-bond donors (Lipinski definition) is 0. The average Bonchev–Trinajstić information content (AvgIpc) is 2.61. The zero-order valence-electron chi connectivity index (χ0n) is 17.2. The first-order valence-electron chi connectivity index (χ1n) is 8.40. The molecule has 0 aliphatic rings. The van der Waals surface area contributed by atoms with E-state index >= 15 is 0 Å². The van der Waals surface area contributed by atoms with E-state index in [0.717, 1.165) is 16.8 Å². The Bertz CT molecular complexity index is 757. The zero-order valence-corrected chi connectivity index (χ0v) is 20.3. The Hall–Kier alpha value is -0.984. The van der Waals surface area contributed by atoms with Crippen LogP contribution >= 0.6 is 0 Å². The van der Waals surface area contributed by atoms with Crippen LogP contribution in [0, 0.1) is 19.9 Å². The maximum Gasteiger partial charge on any atom is 1.00 e. The largest absolute Gasteiger partial charge is 1.00 e. The van der Waals surface area contributed by atoms with Crippen molar-refractivity contribution in [2.75, 3.05) is 26.0 Å². The number of carbonyl (C=O) groups is 2. The molecular formula is C21H27KN2O2. The number of amides is 2. The van der Waals surface area contributed by atoms with Gasteiger partial charge < -0.3 is 14.6 Å². The average molecular weight is 379 g/mol. The van der Waals surface area contributed by atoms with E-state index in [-0.39, 0.29) is 63.2 Å². The standard InChI is InChI=1S/C19H21N2O2.C2H6.K/c1-13-10-11-17(14(2)12-13)21(5)19(23)16-9-7-6-8-15(16)18(22)20(3)4;1-2;/h6-7,9-12H,1-5H3;1-2H3;/q-1;;+1. The summed E-state index contributed by atoms with van der Waals surface area (Å²) in [7, 11) is 5.04. The first-order valence-corrected chi connectivity index (χ1v) is 8.40. The van der Waals surface area contributed by atoms with E-state index in [1.807, 2.05) is 45.9 Å². The second-order valence-electron chi connectivity index (χ2n) is 5.81. The van der Waals surface area contributed by atoms with E-state index in [1.54, 1.807) is 44.2 Å². The van der Waals surface area contributed by atoms with Gasteiger partial charge in [-0.25, -0.2) is 0 Å². The molecule has 0 saturated heterocycles. The maximum absolute atomic E-state index is 12.9. The van der Waals surface area contributed by atoms with Crippen LogP contribution in [-0.4, -0.2) is 37.9 Å². The van der Waals surface area contributed by atoms with Crippen LogP contribution in [0.4, 0.5) is 5.69 Å². The van der Waals surface area contributed by atoms with Crippen molar-refractivity contribution in [3.63, 3.8) is 0 Å². The van der Waals surface area contributed by atoms with E-state index in [2.05, 4.69) is 6.07 Å². The number of anilines is 1. The molecule has 134 valence electrons. The van der Waals surface area contributed by atoms with Crippen LogP contribution in [0.3, 0.4) is 0 Å². The van der Waals surface area contributed by atoms with Gasteiger partial charge in [0, 0.05) is 12.7 Å². The molecule has 0 fully saturated rings. The summed E-state index contributed by atoms with van der Waals surface area (Å²) in [5, 5.41) is 0. The molecular weight excluding hydrogens is 351 g/mol. The molecule has 2 aromatic carbocycles. The van der Waals surface area contributed by atoms with Gasteiger partial charge in [0.25, 0.3) is 0 Å². The van der Waals surface area contributed by atoms with Crippen molar-refractivity contribution in [2.24, 2.45) is 0 Å². The van der Waals surface area contributed by atoms with Crippen molar-refractivity contribution in [2.45, 2.75) is 27.7 Å². The predicted octanol–water partition coefficient (Wildman–Crippen LogP) is 1.11. The molecule has 0 bridgehead atoms. The third-order valence-electron chi connectivity index (χ3n) is 3.72. The number of nitrogens with zero attached hydrogens (tertiary/aromatic N) is 2. The Morgan fingerprint density at radius 1 is 0.962 bits per heavy atom. The third-order valence-corrected chi connectivity index (χ3v) is 3.72. The van der Waals surface area contributed by atoms with Gasteiger partial charge in [-0.15, -0.1) is 24.3 Å². The molecule has 0 N–H and O–H groups in total. The molecule has 0 heterocycles. The van der Waals surface area contributed by atoms with Crippen LogP contribution in [0.2, 0.25) is 0 Å². The van der Waals surface area contributed by atoms with Gasteiger partial charge in [-0.05, 0) is 45.1 Å². The van der Waals surface area contributed by atoms with E-state index in [0.29, 0.717) is 11.1 Å². The molecule has 0 spiro atoms. The molecule has 5 heteroatoms. The summed E-state index contributed by atoms with van der Waals surface area (Å²) in [6.07, 6.45) is 0. The number of rotatable bonds is 3. The Morgan fingerprint density at radius 2 is 1.58 bits per heavy atom. The zero-order chi connectivity index (χ0) is 19.1. The fraction of sp³-hybridized carbons (Fsp3) is 0.333. The van der Waals surface area contributed by atoms with Crippen LogP contribution < -0.4 is 56.3 Å². The molecule has 0 atom stereocenters. The number of hydrogen-bond acceptors (Lipinski definition) is 2. The van der Waals surface area contributed by atoms with Gasteiger partial charge in [-0.3, -0.25) is 4.79 Å². The van der Waals surface area contributed by atoms with Gasteiger partial charge in [-0.2, -0.15) is 0 Å². The van der Waals surface area contributed by atoms with Crippen LogP contribution in [-0.2, 0) is 0 Å². The Kier molecular flexibility index (Phi) is 11.2. The molecule has 26 heavy (non-hydrogen) atoms. The van der Waals surface area contributed by atoms with Crippen molar-refractivity contribution in [1.29, 1.82) is 0 Å². The monoisotopic (exact) mass is 378 g/mol. The first kappa shape index (κ1) is 25.0. The van der Waals surface area contributed by atoms with Gasteiger partial charge in [0.1, 0.15) is 0 Å². The summed E-state index contributed by atoms with van der Waals surface area (Å²) < 4.78 is 0. The van der Waals surface area contributed by atoms with Crippen LogP contribution in [0.15, 0.2) is 36.4 Å². The van der Waals surface area contributed by atoms with Crippen LogP contribution in [0.5, 0.6) is 0 Å². The van der Waals surface area contributed by atoms with Gasteiger partial charge in [0.05, 0.1) is 0 Å². The van der Waals surface area contributed by atoms with Crippen molar-refractivity contribution >= 4 is 17.5 Å². The van der Waals surface area contributed by atoms with Gasteiger partial charge >= 0.3 is 51.4 Å². The maximum atomic E-state index is 12.9. The molecule has 2 amide bonds. The van der Waals surface area contributed by atoms with Crippen LogP contribution in [0.1, 0.15) is 45.7 Å². The van der Waals surface area contributed by atoms with E-state index < -0.39 is 0 Å². The van der Waals surface area contributed by atoms with Crippen molar-refractivity contribution in [3.8, 4) is 0 Å². The molecule has 0 radical (unpaired) electrons. The molecule has 4 nitrogen and oxygen atoms in total. The molecule has 0 aromatic heterocycles. The minimum absolute atomic E-state index is 0. The van der Waals surface area contributed by atoms with Gasteiger partial charge in [0.2, 0.25) is 5.91 Å². The fourth-order valence-corrected chi connectivity index (χ4v) is 2.49. The SMILES string of the molecule is CC.Cc1ccc(N(C)C(=O)c2ccc[c-]c2C(=O)N(C)C)c(C)c1.[K+]. The smallest absolute Gasteiger partial charge is 0.384 e. The summed E-state index contributed by atoms with van der Waals surface area (Å²) in [5.74, 6) is -0.456. The second-order valence-corrected chi connectivity index (χ2v) is 5.81. The fourth-order valence-electron chi connectivity index (χ4n) is 2.49. The van der Waals surface area contributed by atoms with Crippen molar-refractivity contribution in [3.05, 3.63) is 64.7 Å². The summed E-state index contributed by atoms with van der Waals surface area (Å²) >= 11 is 0. The Balaban J connectivity index is 0.00000201. The molecule has 0 unspecified atom stereocenters. The molecule has 0 aliphatic heterocycles. The summed E-state index contributed by atoms with van der Waals surface area (Å²) in [5.41, 5.74) is 3.63. The van der Waals surface area contributed by atoms with Gasteiger partial charge in [0.15, 0.2) is 5.91 Å². The van der Waals surface area contributed by atoms with E-state index in [1.165, 1.54) is 4.90 Å². The molecule has 2 aromatic rings. The third kappa shape index (κ3) is 6.03. The first-order chi connectivity index (χ1) is 11.8. The minimum atomic E-state index is -0.233. The number of aryl methyl sites for hydroxylation is 2. The minimum Gasteiger partial charge on any atom is -0.384 e.